The van der Waals surface area contributed by atoms with Crippen molar-refractivity contribution < 1.29 is 14.6 Å². The van der Waals surface area contributed by atoms with Crippen molar-refractivity contribution in [2.24, 2.45) is 11.8 Å². The number of allylic oxidation sites excluding steroid dienone is 2. The predicted octanol–water partition coefficient (Wildman–Crippen LogP) is 5.23. The maximum absolute atomic E-state index is 10.4. The van der Waals surface area contributed by atoms with E-state index >= 15 is 0 Å². The third-order valence-corrected chi connectivity index (χ3v) is 7.89. The number of thiazole rings is 1. The third-order valence-electron chi connectivity index (χ3n) is 6.99. The quantitative estimate of drug-likeness (QED) is 0.213. The van der Waals surface area contributed by atoms with Gasteiger partial charge >= 0.3 is 0 Å². The van der Waals surface area contributed by atoms with Crippen LogP contribution < -0.4 is 10.2 Å². The van der Waals surface area contributed by atoms with E-state index in [9.17, 15) is 5.11 Å². The van der Waals surface area contributed by atoms with Gasteiger partial charge in [0.25, 0.3) is 0 Å². The zero-order chi connectivity index (χ0) is 26.3. The van der Waals surface area contributed by atoms with E-state index in [0.29, 0.717) is 18.0 Å². The minimum absolute atomic E-state index is 0.00508. The van der Waals surface area contributed by atoms with E-state index in [1.165, 1.54) is 12.8 Å². The first-order valence-electron chi connectivity index (χ1n) is 13.0. The van der Waals surface area contributed by atoms with Gasteiger partial charge in [0.15, 0.2) is 5.13 Å². The van der Waals surface area contributed by atoms with Gasteiger partial charge in [-0.3, -0.25) is 5.32 Å². The zero-order valence-electron chi connectivity index (χ0n) is 22.9. The van der Waals surface area contributed by atoms with Crippen LogP contribution in [-0.2, 0) is 14.9 Å². The fraction of sp³-hybridized carbons (Fsp3) is 0.621. The van der Waals surface area contributed by atoms with Crippen molar-refractivity contribution >= 4 is 16.5 Å². The topological polar surface area (TPSA) is 66.9 Å². The van der Waals surface area contributed by atoms with Crippen molar-refractivity contribution in [3.8, 4) is 0 Å². The Hall–Kier alpha value is -1.77. The lowest BCUT2D eigenvalue weighted by Gasteiger charge is -2.36. The fourth-order valence-corrected chi connectivity index (χ4v) is 5.42. The Morgan fingerprint density at radius 2 is 2.06 bits per heavy atom. The molecule has 0 spiro atoms. The molecule has 7 heteroatoms. The molecule has 2 aliphatic carbocycles. The van der Waals surface area contributed by atoms with Crippen LogP contribution in [0.1, 0.15) is 52.7 Å². The van der Waals surface area contributed by atoms with Gasteiger partial charge in [0, 0.05) is 50.6 Å². The fourth-order valence-electron chi connectivity index (χ4n) is 4.36. The smallest absolute Gasteiger partial charge is 0.185 e. The summed E-state index contributed by atoms with van der Waals surface area (Å²) in [5.41, 5.74) is 2.91. The van der Waals surface area contributed by atoms with Gasteiger partial charge in [-0.05, 0) is 43.3 Å². The lowest BCUT2D eigenvalue weighted by Crippen LogP contribution is -2.44. The number of hydrogen-bond donors (Lipinski definition) is 2. The number of methoxy groups -OCH3 is 2. The average molecular weight is 516 g/mol. The summed E-state index contributed by atoms with van der Waals surface area (Å²) in [6, 6.07) is 0. The SMILES string of the molecule is C=C(/C=C\C(=C/C)CN(CC1CC=C[C@H](OC)C1OC)c1nc(C(C)(C)C)cs1)C(O)NCC1CC1. The van der Waals surface area contributed by atoms with Gasteiger partial charge in [-0.15, -0.1) is 11.3 Å². The van der Waals surface area contributed by atoms with Crippen LogP contribution in [0.25, 0.3) is 0 Å². The number of nitrogens with zero attached hydrogens (tertiary/aromatic N) is 2. The zero-order valence-corrected chi connectivity index (χ0v) is 23.7. The van der Waals surface area contributed by atoms with Crippen LogP contribution in [0.3, 0.4) is 0 Å². The largest absolute Gasteiger partial charge is 0.378 e. The van der Waals surface area contributed by atoms with Gasteiger partial charge in [0.2, 0.25) is 0 Å². The van der Waals surface area contributed by atoms with Crippen LogP contribution in [0.15, 0.2) is 53.5 Å². The lowest BCUT2D eigenvalue weighted by molar-refractivity contribution is -0.0458. The highest BCUT2D eigenvalue weighted by Gasteiger charge is 2.33. The molecule has 1 fully saturated rings. The summed E-state index contributed by atoms with van der Waals surface area (Å²) in [6.07, 6.45) is 13.1. The number of aliphatic hydroxyl groups excluding tert-OH is 1. The van der Waals surface area contributed by atoms with E-state index in [-0.39, 0.29) is 23.5 Å². The molecule has 200 valence electrons. The predicted molar refractivity (Wildman–Crippen MR) is 151 cm³/mol. The Morgan fingerprint density at radius 1 is 1.31 bits per heavy atom. The molecule has 1 heterocycles. The van der Waals surface area contributed by atoms with Crippen molar-refractivity contribution in [2.45, 2.75) is 70.8 Å². The van der Waals surface area contributed by atoms with E-state index in [1.54, 1.807) is 25.6 Å². The van der Waals surface area contributed by atoms with E-state index in [2.05, 4.69) is 67.3 Å². The second kappa shape index (κ2) is 13.2. The van der Waals surface area contributed by atoms with Crippen LogP contribution in [0, 0.1) is 11.8 Å². The number of aliphatic hydroxyl groups is 1. The van der Waals surface area contributed by atoms with Crippen molar-refractivity contribution in [3.63, 3.8) is 0 Å². The summed E-state index contributed by atoms with van der Waals surface area (Å²) in [4.78, 5) is 7.38. The van der Waals surface area contributed by atoms with E-state index < -0.39 is 6.23 Å². The van der Waals surface area contributed by atoms with E-state index in [4.69, 9.17) is 14.5 Å². The number of hydrogen-bond acceptors (Lipinski definition) is 7. The number of anilines is 1. The molecule has 2 aliphatic rings. The van der Waals surface area contributed by atoms with Crippen molar-refractivity contribution in [2.75, 3.05) is 38.8 Å². The van der Waals surface area contributed by atoms with Crippen LogP contribution >= 0.6 is 11.3 Å². The molecular formula is C29H45N3O3S. The summed E-state index contributed by atoms with van der Waals surface area (Å²) in [6.45, 7) is 15.1. The number of nitrogens with one attached hydrogen (secondary N) is 1. The lowest BCUT2D eigenvalue weighted by atomic mass is 9.88. The molecule has 4 atom stereocenters. The molecule has 0 amide bonds. The molecular weight excluding hydrogens is 470 g/mol. The van der Waals surface area contributed by atoms with Crippen LogP contribution in [0.4, 0.5) is 5.13 Å². The van der Waals surface area contributed by atoms with Gasteiger partial charge in [0.05, 0.1) is 11.8 Å². The highest BCUT2D eigenvalue weighted by Crippen LogP contribution is 2.32. The molecule has 6 nitrogen and oxygen atoms in total. The van der Waals surface area contributed by atoms with E-state index in [0.717, 1.165) is 35.9 Å². The number of rotatable bonds is 13. The molecule has 1 saturated carbocycles. The molecule has 1 aromatic heterocycles. The van der Waals surface area contributed by atoms with E-state index in [1.807, 2.05) is 13.0 Å². The summed E-state index contributed by atoms with van der Waals surface area (Å²) in [5, 5.41) is 16.8. The Labute approximate surface area is 221 Å². The highest BCUT2D eigenvalue weighted by atomic mass is 32.1. The van der Waals surface area contributed by atoms with Gasteiger partial charge < -0.3 is 19.5 Å². The Kier molecular flexibility index (Phi) is 10.5. The first-order chi connectivity index (χ1) is 17.2. The Morgan fingerprint density at radius 3 is 2.64 bits per heavy atom. The van der Waals surface area contributed by atoms with Gasteiger partial charge in [-0.25, -0.2) is 4.98 Å². The van der Waals surface area contributed by atoms with Gasteiger partial charge in [0.1, 0.15) is 12.3 Å². The van der Waals surface area contributed by atoms with Crippen LogP contribution in [0.2, 0.25) is 0 Å². The first kappa shape index (κ1) is 28.8. The molecule has 36 heavy (non-hydrogen) atoms. The standard InChI is InChI=1S/C29H45N3O3S/c1-8-21(13-12-20(2)27(33)30-16-22-14-15-22)17-32(28-31-25(19-36-28)29(3,4)5)18-23-10-9-11-24(34-6)26(23)35-7/h8-9,11-13,19,22-24,26-27,30,33H,2,10,14-18H2,1,3-7H3/b13-12-,21-8+/t23?,24-,26?,27?/m0/s1. The van der Waals surface area contributed by atoms with Crippen molar-refractivity contribution in [1.82, 2.24) is 10.3 Å². The van der Waals surface area contributed by atoms with Crippen LogP contribution in [-0.4, -0.2) is 62.4 Å². The summed E-state index contributed by atoms with van der Waals surface area (Å²) < 4.78 is 11.6. The van der Waals surface area contributed by atoms with Crippen LogP contribution in [0.5, 0.6) is 0 Å². The molecule has 0 aromatic carbocycles. The van der Waals surface area contributed by atoms with Crippen molar-refractivity contribution in [1.29, 1.82) is 0 Å². The summed E-state index contributed by atoms with van der Waals surface area (Å²) in [5.74, 6) is 0.980. The minimum Gasteiger partial charge on any atom is -0.378 e. The molecule has 3 unspecified atom stereocenters. The first-order valence-corrected chi connectivity index (χ1v) is 13.9. The Bertz CT molecular complexity index is 942. The molecule has 2 N–H and O–H groups in total. The second-order valence-corrected chi connectivity index (χ2v) is 11.8. The molecule has 0 aliphatic heterocycles. The van der Waals surface area contributed by atoms with Gasteiger partial charge in [-0.2, -0.15) is 0 Å². The average Bonchev–Trinajstić information content (AvgIpc) is 3.55. The molecule has 1 aromatic rings. The second-order valence-electron chi connectivity index (χ2n) is 11.0. The Balaban J connectivity index is 1.76. The summed E-state index contributed by atoms with van der Waals surface area (Å²) in [7, 11) is 3.50. The van der Waals surface area contributed by atoms with Crippen molar-refractivity contribution in [3.05, 3.63) is 59.2 Å². The number of aromatic nitrogens is 1. The minimum atomic E-state index is -0.716. The maximum atomic E-state index is 10.4. The van der Waals surface area contributed by atoms with Gasteiger partial charge in [-0.1, -0.05) is 57.7 Å². The molecule has 0 saturated heterocycles. The monoisotopic (exact) mass is 515 g/mol. The molecule has 0 bridgehead atoms. The molecule has 0 radical (unpaired) electrons. The normalized spacial score (nSPS) is 23.9. The molecule has 3 rings (SSSR count). The highest BCUT2D eigenvalue weighted by molar-refractivity contribution is 7.13. The number of ether oxygens (including phenoxy) is 2. The third kappa shape index (κ3) is 8.12. The maximum Gasteiger partial charge on any atom is 0.185 e. The summed E-state index contributed by atoms with van der Waals surface area (Å²) >= 11 is 1.69.